The molecule has 0 amide bonds. The predicted molar refractivity (Wildman–Crippen MR) is 101 cm³/mol. The van der Waals surface area contributed by atoms with E-state index in [2.05, 4.69) is 14.7 Å². The Morgan fingerprint density at radius 1 is 1.11 bits per heavy atom. The van der Waals surface area contributed by atoms with Gasteiger partial charge in [-0.2, -0.15) is 0 Å². The Morgan fingerprint density at radius 2 is 1.86 bits per heavy atom. The van der Waals surface area contributed by atoms with E-state index in [-0.39, 0.29) is 12.1 Å². The first-order valence-corrected chi connectivity index (χ1v) is 10.8. The summed E-state index contributed by atoms with van der Waals surface area (Å²) >= 11 is 0. The van der Waals surface area contributed by atoms with Gasteiger partial charge in [-0.3, -0.25) is 0 Å². The molecule has 1 N–H and O–H groups in total. The lowest BCUT2D eigenvalue weighted by Crippen LogP contribution is -2.39. The average Bonchev–Trinajstić information content (AvgIpc) is 3.17. The molecule has 2 aromatic rings. The summed E-state index contributed by atoms with van der Waals surface area (Å²) in [6.07, 6.45) is 6.65. The number of methoxy groups -OCH3 is 1. The third-order valence-electron chi connectivity index (χ3n) is 5.07. The molecule has 9 heteroatoms. The van der Waals surface area contributed by atoms with Crippen LogP contribution in [-0.2, 0) is 16.4 Å². The summed E-state index contributed by atoms with van der Waals surface area (Å²) < 4.78 is 44.8. The minimum atomic E-state index is -3.56. The third-order valence-corrected chi connectivity index (χ3v) is 6.59. The summed E-state index contributed by atoms with van der Waals surface area (Å²) in [5, 5.41) is 0. The number of hydrogen-bond acceptors (Lipinski definition) is 7. The van der Waals surface area contributed by atoms with E-state index in [0.29, 0.717) is 36.1 Å². The number of aromatic nitrogens is 2. The molecular weight excluding hydrogens is 382 g/mol. The molecule has 2 aliphatic rings. The average molecular weight is 405 g/mol. The number of rotatable bonds is 6. The van der Waals surface area contributed by atoms with Gasteiger partial charge < -0.3 is 14.2 Å². The van der Waals surface area contributed by atoms with E-state index in [1.54, 1.807) is 30.6 Å². The quantitative estimate of drug-likeness (QED) is 0.785. The Kier molecular flexibility index (Phi) is 5.36. The summed E-state index contributed by atoms with van der Waals surface area (Å²) in [6, 6.07) is 4.93. The van der Waals surface area contributed by atoms with Crippen molar-refractivity contribution in [3.05, 3.63) is 36.2 Å². The molecule has 1 aromatic heterocycles. The highest BCUT2D eigenvalue weighted by Crippen LogP contribution is 2.30. The zero-order chi connectivity index (χ0) is 19.6. The van der Waals surface area contributed by atoms with Crippen molar-refractivity contribution in [1.82, 2.24) is 14.7 Å². The van der Waals surface area contributed by atoms with Crippen molar-refractivity contribution in [1.29, 1.82) is 0 Å². The Labute approximate surface area is 164 Å². The van der Waals surface area contributed by atoms with Gasteiger partial charge in [-0.1, -0.05) is 0 Å². The number of ether oxygens (including phenoxy) is 3. The van der Waals surface area contributed by atoms with Crippen molar-refractivity contribution in [2.24, 2.45) is 0 Å². The van der Waals surface area contributed by atoms with Gasteiger partial charge in [0.05, 0.1) is 18.6 Å². The van der Waals surface area contributed by atoms with Gasteiger partial charge in [0.15, 0.2) is 0 Å². The van der Waals surface area contributed by atoms with Gasteiger partial charge in [-0.15, -0.1) is 0 Å². The van der Waals surface area contributed by atoms with Crippen molar-refractivity contribution in [2.45, 2.75) is 49.1 Å². The smallest absolute Gasteiger partial charge is 0.278 e. The fourth-order valence-corrected chi connectivity index (χ4v) is 4.96. The maximum atomic E-state index is 12.7. The van der Waals surface area contributed by atoms with Gasteiger partial charge in [-0.05, 0) is 49.4 Å². The normalized spacial score (nSPS) is 21.6. The first-order valence-electron chi connectivity index (χ1n) is 9.35. The number of fused-ring (bicyclic) bond motifs is 1. The third kappa shape index (κ3) is 4.05. The summed E-state index contributed by atoms with van der Waals surface area (Å²) in [5.41, 5.74) is 0.943. The largest absolute Gasteiger partial charge is 0.493 e. The van der Waals surface area contributed by atoms with Crippen LogP contribution in [0.15, 0.2) is 35.5 Å². The molecule has 28 heavy (non-hydrogen) atoms. The molecule has 1 saturated carbocycles. The highest BCUT2D eigenvalue weighted by atomic mass is 32.2. The fourth-order valence-electron chi connectivity index (χ4n) is 3.61. The van der Waals surface area contributed by atoms with Crippen LogP contribution in [0.4, 0.5) is 0 Å². The van der Waals surface area contributed by atoms with Crippen molar-refractivity contribution >= 4 is 10.0 Å². The molecule has 150 valence electrons. The molecule has 0 atom stereocenters. The monoisotopic (exact) mass is 405 g/mol. The van der Waals surface area contributed by atoms with Gasteiger partial charge in [0, 0.05) is 24.9 Å². The molecule has 1 aromatic carbocycles. The number of nitrogens with one attached hydrogen (secondary N) is 1. The van der Waals surface area contributed by atoms with Gasteiger partial charge in [-0.25, -0.2) is 23.1 Å². The van der Waals surface area contributed by atoms with E-state index in [4.69, 9.17) is 14.2 Å². The molecular formula is C19H23N3O5S. The van der Waals surface area contributed by atoms with Gasteiger partial charge in [0.2, 0.25) is 10.0 Å². The Morgan fingerprint density at radius 3 is 2.61 bits per heavy atom. The highest BCUT2D eigenvalue weighted by Gasteiger charge is 2.28. The van der Waals surface area contributed by atoms with E-state index in [1.807, 2.05) is 0 Å². The van der Waals surface area contributed by atoms with Crippen LogP contribution in [0.1, 0.15) is 31.2 Å². The minimum absolute atomic E-state index is 0.0384. The fraction of sp³-hybridized carbons (Fsp3) is 0.474. The standard InChI is InChI=1S/C19H23N3O5S/c1-25-18-19(21-10-9-20-18)27-15-4-2-14(3-5-15)22-28(23,24)16-6-7-17-13(12-16)8-11-26-17/h6-7,9-10,12,14-15,22H,2-5,8,11H2,1H3. The van der Waals surface area contributed by atoms with E-state index in [1.165, 1.54) is 7.11 Å². The Balaban J connectivity index is 1.35. The van der Waals surface area contributed by atoms with Crippen molar-refractivity contribution in [3.8, 4) is 17.5 Å². The lowest BCUT2D eigenvalue weighted by atomic mass is 9.94. The van der Waals surface area contributed by atoms with Crippen LogP contribution in [0.3, 0.4) is 0 Å². The van der Waals surface area contributed by atoms with E-state index in [9.17, 15) is 8.42 Å². The van der Waals surface area contributed by atoms with Gasteiger partial charge >= 0.3 is 0 Å². The van der Waals surface area contributed by atoms with E-state index < -0.39 is 10.0 Å². The molecule has 0 spiro atoms. The van der Waals surface area contributed by atoms with Crippen LogP contribution in [0.5, 0.6) is 17.5 Å². The summed E-state index contributed by atoms with van der Waals surface area (Å²) in [5.74, 6) is 1.50. The highest BCUT2D eigenvalue weighted by molar-refractivity contribution is 7.89. The number of sulfonamides is 1. The zero-order valence-electron chi connectivity index (χ0n) is 15.6. The second kappa shape index (κ2) is 7.92. The second-order valence-electron chi connectivity index (χ2n) is 6.95. The van der Waals surface area contributed by atoms with E-state index in [0.717, 1.165) is 30.6 Å². The van der Waals surface area contributed by atoms with Crippen LogP contribution in [0, 0.1) is 0 Å². The second-order valence-corrected chi connectivity index (χ2v) is 8.67. The molecule has 1 aliphatic carbocycles. The summed E-state index contributed by atoms with van der Waals surface area (Å²) in [6.45, 7) is 0.604. The minimum Gasteiger partial charge on any atom is -0.493 e. The molecule has 4 rings (SSSR count). The van der Waals surface area contributed by atoms with Gasteiger partial charge in [0.1, 0.15) is 11.9 Å². The molecule has 8 nitrogen and oxygen atoms in total. The zero-order valence-corrected chi connectivity index (χ0v) is 16.4. The maximum Gasteiger partial charge on any atom is 0.278 e. The van der Waals surface area contributed by atoms with Crippen LogP contribution in [0.25, 0.3) is 0 Å². The molecule has 0 saturated heterocycles. The maximum absolute atomic E-state index is 12.7. The number of nitrogens with zero attached hydrogens (tertiary/aromatic N) is 2. The van der Waals surface area contributed by atoms with Gasteiger partial charge in [0.25, 0.3) is 11.8 Å². The molecule has 0 unspecified atom stereocenters. The van der Waals surface area contributed by atoms with Crippen LogP contribution >= 0.6 is 0 Å². The molecule has 0 bridgehead atoms. The molecule has 1 fully saturated rings. The Hall–Kier alpha value is -2.39. The topological polar surface area (TPSA) is 99.6 Å². The predicted octanol–water partition coefficient (Wildman–Crippen LogP) is 2.09. The first kappa shape index (κ1) is 18.9. The molecule has 0 radical (unpaired) electrons. The lowest BCUT2D eigenvalue weighted by molar-refractivity contribution is 0.132. The molecule has 1 aliphatic heterocycles. The SMILES string of the molecule is COc1nccnc1OC1CCC(NS(=O)(=O)c2ccc3c(c2)CCO3)CC1. The van der Waals surface area contributed by atoms with Crippen LogP contribution in [-0.4, -0.2) is 44.2 Å². The van der Waals surface area contributed by atoms with Crippen molar-refractivity contribution in [2.75, 3.05) is 13.7 Å². The van der Waals surface area contributed by atoms with Crippen LogP contribution in [0.2, 0.25) is 0 Å². The van der Waals surface area contributed by atoms with Crippen LogP contribution < -0.4 is 18.9 Å². The first-order chi connectivity index (χ1) is 13.5. The number of hydrogen-bond donors (Lipinski definition) is 1. The van der Waals surface area contributed by atoms with E-state index >= 15 is 0 Å². The lowest BCUT2D eigenvalue weighted by Gasteiger charge is -2.29. The van der Waals surface area contributed by atoms with Crippen molar-refractivity contribution in [3.63, 3.8) is 0 Å². The van der Waals surface area contributed by atoms with Crippen molar-refractivity contribution < 1.29 is 22.6 Å². The summed E-state index contributed by atoms with van der Waals surface area (Å²) in [4.78, 5) is 8.52. The molecule has 2 heterocycles. The number of benzene rings is 1. The Bertz CT molecular complexity index is 942. The summed E-state index contributed by atoms with van der Waals surface area (Å²) in [7, 11) is -2.04.